The number of ether oxygens (including phenoxy) is 2. The molecule has 1 aromatic heterocycles. The lowest BCUT2D eigenvalue weighted by molar-refractivity contribution is -0.121. The summed E-state index contributed by atoms with van der Waals surface area (Å²) in [5.41, 5.74) is 2.19. The van der Waals surface area contributed by atoms with Gasteiger partial charge in [-0.3, -0.25) is 9.59 Å². The van der Waals surface area contributed by atoms with Crippen LogP contribution >= 0.6 is 11.3 Å². The third kappa shape index (κ3) is 7.27. The van der Waals surface area contributed by atoms with Gasteiger partial charge in [-0.1, -0.05) is 30.3 Å². The number of benzene rings is 2. The molecule has 0 spiro atoms. The summed E-state index contributed by atoms with van der Waals surface area (Å²) in [5.74, 6) is 0.466. The van der Waals surface area contributed by atoms with E-state index in [1.165, 1.54) is 11.3 Å². The Balaban J connectivity index is 1.39. The van der Waals surface area contributed by atoms with Crippen molar-refractivity contribution in [3.63, 3.8) is 0 Å². The number of nitrogens with zero attached hydrogens (tertiary/aromatic N) is 2. The maximum Gasteiger partial charge on any atom is 0.273 e. The van der Waals surface area contributed by atoms with Crippen LogP contribution in [0, 0.1) is 0 Å². The van der Waals surface area contributed by atoms with Crippen molar-refractivity contribution in [2.75, 3.05) is 32.1 Å². The third-order valence-electron chi connectivity index (χ3n) is 5.73. The van der Waals surface area contributed by atoms with E-state index in [9.17, 15) is 9.59 Å². The lowest BCUT2D eigenvalue weighted by Crippen LogP contribution is -2.37. The Hall–Kier alpha value is -3.43. The van der Waals surface area contributed by atoms with E-state index in [2.05, 4.69) is 15.6 Å². The van der Waals surface area contributed by atoms with Gasteiger partial charge in [-0.15, -0.1) is 11.3 Å². The number of thiazole rings is 1. The van der Waals surface area contributed by atoms with E-state index < -0.39 is 0 Å². The highest BCUT2D eigenvalue weighted by Gasteiger charge is 2.21. The average molecular weight is 495 g/mol. The van der Waals surface area contributed by atoms with Gasteiger partial charge in [0.15, 0.2) is 5.13 Å². The summed E-state index contributed by atoms with van der Waals surface area (Å²) in [6.45, 7) is 1.96. The molecule has 1 unspecified atom stereocenters. The van der Waals surface area contributed by atoms with E-state index in [1.54, 1.807) is 17.4 Å². The second-order valence-corrected chi connectivity index (χ2v) is 9.15. The molecule has 35 heavy (non-hydrogen) atoms. The number of nitrogens with one attached hydrogen (secondary N) is 2. The fourth-order valence-electron chi connectivity index (χ4n) is 3.80. The molecular formula is C26H30N4O4S. The van der Waals surface area contributed by atoms with E-state index in [0.29, 0.717) is 30.5 Å². The quantitative estimate of drug-likeness (QED) is 0.415. The molecule has 3 aromatic rings. The number of anilines is 2. The molecule has 2 amide bonds. The van der Waals surface area contributed by atoms with E-state index >= 15 is 0 Å². The summed E-state index contributed by atoms with van der Waals surface area (Å²) >= 11 is 1.36. The molecule has 2 heterocycles. The van der Waals surface area contributed by atoms with Gasteiger partial charge in [-0.25, -0.2) is 4.98 Å². The molecule has 0 bridgehead atoms. The number of hydrogen-bond donors (Lipinski definition) is 2. The maximum absolute atomic E-state index is 13.4. The largest absolute Gasteiger partial charge is 0.497 e. The highest BCUT2D eigenvalue weighted by Crippen LogP contribution is 2.24. The maximum atomic E-state index is 13.4. The fourth-order valence-corrected chi connectivity index (χ4v) is 4.51. The van der Waals surface area contributed by atoms with Crippen molar-refractivity contribution in [1.29, 1.82) is 0 Å². The minimum atomic E-state index is -0.209. The minimum Gasteiger partial charge on any atom is -0.497 e. The Bertz CT molecular complexity index is 1100. The number of carbonyl (C=O) groups excluding carboxylic acids is 2. The first-order valence-electron chi connectivity index (χ1n) is 11.7. The fraction of sp³-hybridized carbons (Fsp3) is 0.346. The van der Waals surface area contributed by atoms with E-state index in [1.807, 2.05) is 54.6 Å². The molecule has 8 nitrogen and oxygen atoms in total. The van der Waals surface area contributed by atoms with Gasteiger partial charge in [-0.05, 0) is 42.7 Å². The van der Waals surface area contributed by atoms with Crippen LogP contribution in [-0.4, -0.2) is 54.6 Å². The Kier molecular flexibility index (Phi) is 8.69. The van der Waals surface area contributed by atoms with Crippen molar-refractivity contribution in [2.24, 2.45) is 0 Å². The highest BCUT2D eigenvalue weighted by atomic mass is 32.1. The molecule has 1 aliphatic rings. The predicted molar refractivity (Wildman–Crippen MR) is 136 cm³/mol. The molecule has 2 N–H and O–H groups in total. The van der Waals surface area contributed by atoms with Crippen LogP contribution in [0.2, 0.25) is 0 Å². The number of hydrogen-bond acceptors (Lipinski definition) is 7. The van der Waals surface area contributed by atoms with Crippen LogP contribution in [-0.2, 0) is 16.1 Å². The molecule has 0 aliphatic carbocycles. The zero-order valence-electron chi connectivity index (χ0n) is 19.7. The number of methoxy groups -OCH3 is 1. The molecule has 9 heteroatoms. The smallest absolute Gasteiger partial charge is 0.273 e. The summed E-state index contributed by atoms with van der Waals surface area (Å²) in [6, 6.07) is 17.2. The van der Waals surface area contributed by atoms with Crippen molar-refractivity contribution in [2.45, 2.75) is 31.9 Å². The number of amides is 2. The van der Waals surface area contributed by atoms with Crippen molar-refractivity contribution in [3.05, 3.63) is 71.2 Å². The molecular weight excluding hydrogens is 464 g/mol. The second-order valence-electron chi connectivity index (χ2n) is 8.29. The first-order chi connectivity index (χ1) is 17.1. The van der Waals surface area contributed by atoms with Gasteiger partial charge >= 0.3 is 0 Å². The highest BCUT2D eigenvalue weighted by molar-refractivity contribution is 7.14. The zero-order chi connectivity index (χ0) is 24.5. The van der Waals surface area contributed by atoms with E-state index in [-0.39, 0.29) is 24.3 Å². The van der Waals surface area contributed by atoms with Crippen LogP contribution in [0.5, 0.6) is 5.75 Å². The summed E-state index contributed by atoms with van der Waals surface area (Å²) in [5, 5.41) is 8.50. The topological polar surface area (TPSA) is 92.8 Å². The molecule has 184 valence electrons. The van der Waals surface area contributed by atoms with Crippen LogP contribution in [0.3, 0.4) is 0 Å². The number of rotatable bonds is 11. The normalized spacial score (nSPS) is 14.9. The van der Waals surface area contributed by atoms with Crippen LogP contribution in [0.4, 0.5) is 10.8 Å². The minimum absolute atomic E-state index is 0.0904. The Morgan fingerprint density at radius 2 is 1.97 bits per heavy atom. The Morgan fingerprint density at radius 1 is 1.17 bits per heavy atom. The van der Waals surface area contributed by atoms with Gasteiger partial charge in [0.25, 0.3) is 5.91 Å². The Labute approximate surface area is 209 Å². The summed E-state index contributed by atoms with van der Waals surface area (Å²) in [4.78, 5) is 32.0. The summed E-state index contributed by atoms with van der Waals surface area (Å²) < 4.78 is 10.7. The first-order valence-corrected chi connectivity index (χ1v) is 12.6. The molecule has 0 radical (unpaired) electrons. The van der Waals surface area contributed by atoms with E-state index in [0.717, 1.165) is 36.4 Å². The lowest BCUT2D eigenvalue weighted by Gasteiger charge is -2.22. The van der Waals surface area contributed by atoms with Gasteiger partial charge < -0.3 is 25.0 Å². The average Bonchev–Trinajstić information content (AvgIpc) is 3.58. The first kappa shape index (κ1) is 24.7. The molecule has 1 fully saturated rings. The molecule has 2 aromatic carbocycles. The molecule has 1 aliphatic heterocycles. The van der Waals surface area contributed by atoms with Crippen LogP contribution < -0.4 is 15.4 Å². The van der Waals surface area contributed by atoms with Gasteiger partial charge in [0.2, 0.25) is 5.91 Å². The van der Waals surface area contributed by atoms with Gasteiger partial charge in [0.05, 0.1) is 13.2 Å². The molecule has 0 saturated carbocycles. The number of aromatic nitrogens is 1. The van der Waals surface area contributed by atoms with Crippen molar-refractivity contribution < 1.29 is 19.1 Å². The Morgan fingerprint density at radius 3 is 2.69 bits per heavy atom. The SMILES string of the molecule is COc1ccc(Nc2nc(C(=O)N(CCC(=O)NCC3CCCO3)Cc3ccccc3)cs2)cc1. The lowest BCUT2D eigenvalue weighted by atomic mass is 10.2. The second kappa shape index (κ2) is 12.3. The van der Waals surface area contributed by atoms with Crippen molar-refractivity contribution >= 4 is 34.0 Å². The summed E-state index contributed by atoms with van der Waals surface area (Å²) in [6.07, 6.45) is 2.30. The van der Waals surface area contributed by atoms with Crippen LogP contribution in [0.15, 0.2) is 60.0 Å². The van der Waals surface area contributed by atoms with Crippen LogP contribution in [0.1, 0.15) is 35.3 Å². The van der Waals surface area contributed by atoms with Gasteiger partial charge in [-0.2, -0.15) is 0 Å². The zero-order valence-corrected chi connectivity index (χ0v) is 20.6. The van der Waals surface area contributed by atoms with Gasteiger partial charge in [0.1, 0.15) is 11.4 Å². The summed E-state index contributed by atoms with van der Waals surface area (Å²) in [7, 11) is 1.62. The predicted octanol–water partition coefficient (Wildman–Crippen LogP) is 4.22. The standard InChI is InChI=1S/C26H30N4O4S/c1-33-21-11-9-20(10-12-21)28-26-29-23(18-35-26)25(32)30(17-19-6-3-2-4-7-19)14-13-24(31)27-16-22-8-5-15-34-22/h2-4,6-7,9-12,18,22H,5,8,13-17H2,1H3,(H,27,31)(H,28,29). The number of carbonyl (C=O) groups is 2. The third-order valence-corrected chi connectivity index (χ3v) is 6.49. The van der Waals surface area contributed by atoms with Gasteiger partial charge in [0, 0.05) is 43.7 Å². The molecule has 1 saturated heterocycles. The monoisotopic (exact) mass is 494 g/mol. The molecule has 1 atom stereocenters. The van der Waals surface area contributed by atoms with E-state index in [4.69, 9.17) is 9.47 Å². The van der Waals surface area contributed by atoms with Crippen molar-refractivity contribution in [3.8, 4) is 5.75 Å². The van der Waals surface area contributed by atoms with Crippen LogP contribution in [0.25, 0.3) is 0 Å². The van der Waals surface area contributed by atoms with Crippen molar-refractivity contribution in [1.82, 2.24) is 15.2 Å². The molecule has 4 rings (SSSR count).